The molecule has 2 aliphatic heterocycles. The first-order valence-electron chi connectivity index (χ1n) is 12.6. The molecule has 2 amide bonds. The highest BCUT2D eigenvalue weighted by molar-refractivity contribution is 6.30. The molecule has 0 saturated carbocycles. The molecule has 2 fully saturated rings. The van der Waals surface area contributed by atoms with E-state index >= 15 is 0 Å². The lowest BCUT2D eigenvalue weighted by Gasteiger charge is -2.30. The molecule has 0 bridgehead atoms. The van der Waals surface area contributed by atoms with Crippen molar-refractivity contribution in [3.63, 3.8) is 0 Å². The van der Waals surface area contributed by atoms with Gasteiger partial charge in [0.25, 0.3) is 0 Å². The van der Waals surface area contributed by atoms with E-state index in [1.807, 2.05) is 12.1 Å². The van der Waals surface area contributed by atoms with Gasteiger partial charge in [0, 0.05) is 57.5 Å². The normalized spacial score (nSPS) is 19.3. The average Bonchev–Trinajstić information content (AvgIpc) is 3.31. The summed E-state index contributed by atoms with van der Waals surface area (Å²) in [5, 5.41) is 14.0. The number of hydrogen-bond acceptors (Lipinski definition) is 7. The van der Waals surface area contributed by atoms with Crippen LogP contribution in [0.2, 0.25) is 5.02 Å². The molecule has 2 aromatic rings. The number of carbonyl (C=O) groups excluding carboxylic acids is 2. The van der Waals surface area contributed by atoms with Crippen LogP contribution in [-0.4, -0.2) is 84.5 Å². The van der Waals surface area contributed by atoms with Crippen LogP contribution in [0, 0.1) is 0 Å². The first-order chi connectivity index (χ1) is 17.9. The van der Waals surface area contributed by atoms with Gasteiger partial charge in [-0.2, -0.15) is 0 Å². The summed E-state index contributed by atoms with van der Waals surface area (Å²) in [7, 11) is 0. The van der Waals surface area contributed by atoms with Crippen LogP contribution < -0.4 is 14.8 Å². The van der Waals surface area contributed by atoms with Crippen LogP contribution in [0.1, 0.15) is 26.2 Å². The fraction of sp³-hybridized carbons (Fsp3) is 0.481. The van der Waals surface area contributed by atoms with Crippen molar-refractivity contribution >= 4 is 29.3 Å². The van der Waals surface area contributed by atoms with E-state index in [-0.39, 0.29) is 24.7 Å². The predicted octanol–water partition coefficient (Wildman–Crippen LogP) is 3.79. The Morgan fingerprint density at radius 2 is 1.76 bits per heavy atom. The molecule has 2 N–H and O–H groups in total. The monoisotopic (exact) mass is 531 g/mol. The lowest BCUT2D eigenvalue weighted by molar-refractivity contribution is -0.130. The van der Waals surface area contributed by atoms with Gasteiger partial charge in [0.15, 0.2) is 0 Å². The Labute approximate surface area is 222 Å². The quantitative estimate of drug-likeness (QED) is 0.507. The van der Waals surface area contributed by atoms with Crippen molar-refractivity contribution in [2.24, 2.45) is 0 Å². The maximum Gasteiger partial charge on any atom is 0.412 e. The van der Waals surface area contributed by atoms with Crippen molar-refractivity contribution < 1.29 is 28.9 Å². The van der Waals surface area contributed by atoms with Crippen molar-refractivity contribution in [3.8, 4) is 11.5 Å². The Balaban J connectivity index is 1.19. The number of piperidine rings is 1. The zero-order chi connectivity index (χ0) is 26.2. The molecular formula is C27H34ClN3O6. The molecule has 2 heterocycles. The van der Waals surface area contributed by atoms with Gasteiger partial charge in [-0.25, -0.2) is 4.79 Å². The Hall–Kier alpha value is -3.01. The topological polar surface area (TPSA) is 101 Å². The van der Waals surface area contributed by atoms with Crippen LogP contribution in [0.3, 0.4) is 0 Å². The summed E-state index contributed by atoms with van der Waals surface area (Å²) >= 11 is 5.93. The number of para-hydroxylation sites is 2. The highest BCUT2D eigenvalue weighted by Gasteiger charge is 2.26. The molecule has 0 spiro atoms. The fourth-order valence-electron chi connectivity index (χ4n) is 4.58. The minimum Gasteiger partial charge on any atom is -0.489 e. The Kier molecular flexibility index (Phi) is 9.49. The number of benzene rings is 2. The molecule has 0 aromatic heterocycles. The van der Waals surface area contributed by atoms with E-state index in [0.29, 0.717) is 48.9 Å². The summed E-state index contributed by atoms with van der Waals surface area (Å²) in [6, 6.07) is 14.4. The molecule has 2 atom stereocenters. The van der Waals surface area contributed by atoms with E-state index in [4.69, 9.17) is 25.8 Å². The SMILES string of the molecule is CC(=O)N1CCC(OC(=O)Nc2ccccc2OCC(O)CN2CCC(Oc3ccc(Cl)cc3)C2)CC1. The lowest BCUT2D eigenvalue weighted by Crippen LogP contribution is -2.40. The van der Waals surface area contributed by atoms with Crippen LogP contribution in [0.25, 0.3) is 0 Å². The predicted molar refractivity (Wildman–Crippen MR) is 140 cm³/mol. The third-order valence-electron chi connectivity index (χ3n) is 6.53. The smallest absolute Gasteiger partial charge is 0.412 e. The van der Waals surface area contributed by atoms with Crippen molar-refractivity contribution in [2.75, 3.05) is 44.6 Å². The summed E-state index contributed by atoms with van der Waals surface area (Å²) in [4.78, 5) is 27.8. The van der Waals surface area contributed by atoms with E-state index < -0.39 is 12.2 Å². The zero-order valence-electron chi connectivity index (χ0n) is 21.0. The first kappa shape index (κ1) is 27.0. The van der Waals surface area contributed by atoms with Gasteiger partial charge in [0.05, 0.1) is 5.69 Å². The number of rotatable bonds is 9. The number of halogens is 1. The summed E-state index contributed by atoms with van der Waals surface area (Å²) in [6.45, 7) is 4.78. The van der Waals surface area contributed by atoms with Crippen molar-refractivity contribution in [1.82, 2.24) is 9.80 Å². The summed E-state index contributed by atoms with van der Waals surface area (Å²) in [5.41, 5.74) is 0.471. The molecule has 2 saturated heterocycles. The number of ether oxygens (including phenoxy) is 3. The van der Waals surface area contributed by atoms with Crippen LogP contribution in [0.15, 0.2) is 48.5 Å². The number of β-amino-alcohol motifs (C(OH)–C–C–N with tert-alkyl or cyclic N) is 1. The van der Waals surface area contributed by atoms with Gasteiger partial charge >= 0.3 is 6.09 Å². The number of aliphatic hydroxyl groups excluding tert-OH is 1. The van der Waals surface area contributed by atoms with E-state index in [0.717, 1.165) is 25.3 Å². The Bertz CT molecular complexity index is 1040. The van der Waals surface area contributed by atoms with Gasteiger partial charge < -0.3 is 24.2 Å². The highest BCUT2D eigenvalue weighted by atomic mass is 35.5. The Morgan fingerprint density at radius 1 is 1.05 bits per heavy atom. The van der Waals surface area contributed by atoms with Crippen LogP contribution in [-0.2, 0) is 9.53 Å². The van der Waals surface area contributed by atoms with Crippen LogP contribution in [0.5, 0.6) is 11.5 Å². The number of carbonyl (C=O) groups is 2. The van der Waals surface area contributed by atoms with E-state index in [1.165, 1.54) is 0 Å². The largest absolute Gasteiger partial charge is 0.489 e. The van der Waals surface area contributed by atoms with Crippen molar-refractivity contribution in [3.05, 3.63) is 53.6 Å². The van der Waals surface area contributed by atoms with Gasteiger partial charge in [0.1, 0.15) is 36.4 Å². The minimum atomic E-state index is -0.708. The van der Waals surface area contributed by atoms with Crippen molar-refractivity contribution in [2.45, 2.75) is 44.5 Å². The van der Waals surface area contributed by atoms with E-state index in [9.17, 15) is 14.7 Å². The van der Waals surface area contributed by atoms with Gasteiger partial charge in [-0.05, 0) is 42.8 Å². The van der Waals surface area contributed by atoms with Gasteiger partial charge in [0.2, 0.25) is 5.91 Å². The number of anilines is 1. The average molecular weight is 532 g/mol. The zero-order valence-corrected chi connectivity index (χ0v) is 21.7. The first-order valence-corrected chi connectivity index (χ1v) is 13.0. The molecule has 0 aliphatic carbocycles. The summed E-state index contributed by atoms with van der Waals surface area (Å²) < 4.78 is 17.4. The summed E-state index contributed by atoms with van der Waals surface area (Å²) in [5.74, 6) is 1.27. The molecule has 4 rings (SSSR count). The molecule has 2 aliphatic rings. The second-order valence-corrected chi connectivity index (χ2v) is 9.88. The number of amides is 2. The standard InChI is InChI=1S/C27H34ClN3O6/c1-19(32)31-14-11-23(12-15-31)37-27(34)29-25-4-2-3-5-26(25)35-18-21(33)16-30-13-10-24(17-30)36-22-8-6-20(28)7-9-22/h2-9,21,23-24,33H,10-18H2,1H3,(H,29,34). The molecule has 200 valence electrons. The maximum atomic E-state index is 12.5. The number of hydrogen-bond donors (Lipinski definition) is 2. The number of likely N-dealkylation sites (tertiary alicyclic amines) is 2. The third-order valence-corrected chi connectivity index (χ3v) is 6.78. The molecule has 9 nitrogen and oxygen atoms in total. The van der Waals surface area contributed by atoms with Gasteiger partial charge in [-0.1, -0.05) is 23.7 Å². The maximum absolute atomic E-state index is 12.5. The molecule has 10 heteroatoms. The van der Waals surface area contributed by atoms with Gasteiger partial charge in [-0.3, -0.25) is 15.0 Å². The van der Waals surface area contributed by atoms with E-state index in [2.05, 4.69) is 10.2 Å². The fourth-order valence-corrected chi connectivity index (χ4v) is 4.70. The summed E-state index contributed by atoms with van der Waals surface area (Å²) in [6.07, 6.45) is 0.637. The molecule has 0 radical (unpaired) electrons. The Morgan fingerprint density at radius 3 is 2.49 bits per heavy atom. The van der Waals surface area contributed by atoms with Crippen LogP contribution in [0.4, 0.5) is 10.5 Å². The molecule has 37 heavy (non-hydrogen) atoms. The second kappa shape index (κ2) is 13.0. The molecule has 2 unspecified atom stereocenters. The number of nitrogens with zero attached hydrogens (tertiary/aromatic N) is 2. The third kappa shape index (κ3) is 8.24. The number of nitrogens with one attached hydrogen (secondary N) is 1. The van der Waals surface area contributed by atoms with Crippen molar-refractivity contribution in [1.29, 1.82) is 0 Å². The minimum absolute atomic E-state index is 0.0342. The molecular weight excluding hydrogens is 498 g/mol. The highest BCUT2D eigenvalue weighted by Crippen LogP contribution is 2.25. The van der Waals surface area contributed by atoms with Gasteiger partial charge in [-0.15, -0.1) is 0 Å². The second-order valence-electron chi connectivity index (χ2n) is 9.44. The van der Waals surface area contributed by atoms with Crippen LogP contribution >= 0.6 is 11.6 Å². The molecule has 2 aromatic carbocycles. The lowest BCUT2D eigenvalue weighted by atomic mass is 10.1. The van der Waals surface area contributed by atoms with E-state index in [1.54, 1.807) is 48.2 Å². The number of aliphatic hydroxyl groups is 1.